The van der Waals surface area contributed by atoms with Crippen molar-refractivity contribution in [1.82, 2.24) is 4.98 Å². The quantitative estimate of drug-likeness (QED) is 0.845. The van der Waals surface area contributed by atoms with E-state index in [2.05, 4.69) is 18.8 Å². The summed E-state index contributed by atoms with van der Waals surface area (Å²) in [6.07, 6.45) is 0.424. The molecule has 0 aliphatic rings. The van der Waals surface area contributed by atoms with Crippen LogP contribution in [-0.2, 0) is 6.42 Å². The van der Waals surface area contributed by atoms with Crippen LogP contribution in [0.15, 0.2) is 5.38 Å². The van der Waals surface area contributed by atoms with Gasteiger partial charge in [0.15, 0.2) is 0 Å². The number of thioether (sulfide) groups is 1. The van der Waals surface area contributed by atoms with Gasteiger partial charge in [-0.2, -0.15) is 11.8 Å². The van der Waals surface area contributed by atoms with E-state index in [-0.39, 0.29) is 6.10 Å². The van der Waals surface area contributed by atoms with Gasteiger partial charge in [0.05, 0.1) is 16.8 Å². The van der Waals surface area contributed by atoms with Crippen LogP contribution in [0.25, 0.3) is 0 Å². The Labute approximate surface area is 93.8 Å². The summed E-state index contributed by atoms with van der Waals surface area (Å²) in [7, 11) is 0. The van der Waals surface area contributed by atoms with Gasteiger partial charge in [-0.1, -0.05) is 13.8 Å². The van der Waals surface area contributed by atoms with Gasteiger partial charge in [-0.3, -0.25) is 0 Å². The molecular formula is C10H17NOS2. The monoisotopic (exact) mass is 231 g/mol. The normalized spacial score (nSPS) is 13.5. The molecule has 0 saturated heterocycles. The highest BCUT2D eigenvalue weighted by molar-refractivity contribution is 7.99. The Morgan fingerprint density at radius 3 is 2.79 bits per heavy atom. The molecule has 0 radical (unpaired) electrons. The van der Waals surface area contributed by atoms with Gasteiger partial charge in [-0.15, -0.1) is 11.3 Å². The lowest BCUT2D eigenvalue weighted by Gasteiger charge is -2.10. The molecule has 80 valence electrons. The first-order valence-electron chi connectivity index (χ1n) is 4.78. The highest BCUT2D eigenvalue weighted by Gasteiger charge is 2.08. The van der Waals surface area contributed by atoms with Gasteiger partial charge in [0, 0.05) is 17.6 Å². The number of aliphatic hydroxyl groups excluding tert-OH is 1. The second kappa shape index (κ2) is 5.73. The van der Waals surface area contributed by atoms with Gasteiger partial charge in [0.2, 0.25) is 0 Å². The van der Waals surface area contributed by atoms with Crippen molar-refractivity contribution in [2.24, 2.45) is 0 Å². The van der Waals surface area contributed by atoms with E-state index in [4.69, 9.17) is 0 Å². The van der Waals surface area contributed by atoms with Crippen LogP contribution in [0.3, 0.4) is 0 Å². The standard InChI is InChI=1S/C10H17NOS2/c1-7(2)13-6-10(12)4-9-5-14-8(3)11-9/h5,7,10,12H,4,6H2,1-3H3. The first-order valence-corrected chi connectivity index (χ1v) is 6.71. The molecule has 0 spiro atoms. The number of thiazole rings is 1. The zero-order valence-electron chi connectivity index (χ0n) is 8.86. The first-order chi connectivity index (χ1) is 6.58. The average molecular weight is 231 g/mol. The maximum atomic E-state index is 9.70. The zero-order chi connectivity index (χ0) is 10.6. The third-order valence-electron chi connectivity index (χ3n) is 1.73. The molecule has 0 fully saturated rings. The van der Waals surface area contributed by atoms with E-state index in [1.165, 1.54) is 0 Å². The topological polar surface area (TPSA) is 33.1 Å². The third kappa shape index (κ3) is 4.44. The van der Waals surface area contributed by atoms with Gasteiger partial charge >= 0.3 is 0 Å². The number of hydrogen-bond donors (Lipinski definition) is 1. The summed E-state index contributed by atoms with van der Waals surface area (Å²) >= 11 is 3.43. The summed E-state index contributed by atoms with van der Waals surface area (Å²) < 4.78 is 0. The lowest BCUT2D eigenvalue weighted by atomic mass is 10.2. The molecule has 0 aliphatic heterocycles. The lowest BCUT2D eigenvalue weighted by Crippen LogP contribution is -2.15. The van der Waals surface area contributed by atoms with E-state index in [9.17, 15) is 5.11 Å². The predicted octanol–water partition coefficient (Wildman–Crippen LogP) is 2.50. The molecule has 1 aromatic heterocycles. The van der Waals surface area contributed by atoms with Gasteiger partial charge in [-0.25, -0.2) is 4.98 Å². The molecule has 1 atom stereocenters. The van der Waals surface area contributed by atoms with Gasteiger partial charge in [-0.05, 0) is 12.2 Å². The summed E-state index contributed by atoms with van der Waals surface area (Å²) in [5, 5.41) is 13.4. The van der Waals surface area contributed by atoms with Crippen molar-refractivity contribution in [3.8, 4) is 0 Å². The second-order valence-corrected chi connectivity index (χ2v) is 6.27. The molecule has 0 aromatic carbocycles. The van der Waals surface area contributed by atoms with Crippen molar-refractivity contribution < 1.29 is 5.11 Å². The summed E-state index contributed by atoms with van der Waals surface area (Å²) in [4.78, 5) is 4.33. The molecule has 0 amide bonds. The summed E-state index contributed by atoms with van der Waals surface area (Å²) in [6.45, 7) is 6.28. The van der Waals surface area contributed by atoms with Crippen LogP contribution < -0.4 is 0 Å². The van der Waals surface area contributed by atoms with E-state index in [1.807, 2.05) is 12.3 Å². The average Bonchev–Trinajstić information content (AvgIpc) is 2.48. The smallest absolute Gasteiger partial charge is 0.0897 e. The third-order valence-corrected chi connectivity index (χ3v) is 3.80. The Morgan fingerprint density at radius 2 is 2.29 bits per heavy atom. The minimum atomic E-state index is -0.260. The minimum Gasteiger partial charge on any atom is -0.392 e. The SMILES string of the molecule is Cc1nc(CC(O)CSC(C)C)cs1. The molecule has 0 aliphatic carbocycles. The zero-order valence-corrected chi connectivity index (χ0v) is 10.5. The van der Waals surface area contributed by atoms with E-state index in [1.54, 1.807) is 23.1 Å². The summed E-state index contributed by atoms with van der Waals surface area (Å²) in [5.41, 5.74) is 1.02. The van der Waals surface area contributed by atoms with Crippen molar-refractivity contribution in [2.45, 2.75) is 38.5 Å². The summed E-state index contributed by atoms with van der Waals surface area (Å²) in [6, 6.07) is 0. The maximum Gasteiger partial charge on any atom is 0.0897 e. The van der Waals surface area contributed by atoms with E-state index in [0.29, 0.717) is 11.7 Å². The van der Waals surface area contributed by atoms with Crippen LogP contribution in [0.2, 0.25) is 0 Å². The highest BCUT2D eigenvalue weighted by Crippen LogP contribution is 2.14. The Bertz CT molecular complexity index is 273. The maximum absolute atomic E-state index is 9.70. The van der Waals surface area contributed by atoms with E-state index in [0.717, 1.165) is 16.5 Å². The molecule has 0 saturated carbocycles. The molecule has 1 unspecified atom stereocenters. The van der Waals surface area contributed by atoms with E-state index >= 15 is 0 Å². The fourth-order valence-corrected chi connectivity index (χ4v) is 2.46. The van der Waals surface area contributed by atoms with Crippen LogP contribution in [0.5, 0.6) is 0 Å². The van der Waals surface area contributed by atoms with E-state index < -0.39 is 0 Å². The van der Waals surface area contributed by atoms with Crippen LogP contribution in [0.1, 0.15) is 24.5 Å². The number of rotatable bonds is 5. The molecule has 14 heavy (non-hydrogen) atoms. The van der Waals surface area contributed by atoms with Crippen molar-refractivity contribution >= 4 is 23.1 Å². The van der Waals surface area contributed by atoms with Crippen LogP contribution in [0, 0.1) is 6.92 Å². The molecule has 0 bridgehead atoms. The van der Waals surface area contributed by atoms with Gasteiger partial charge in [0.25, 0.3) is 0 Å². The first kappa shape index (κ1) is 12.0. The molecular weight excluding hydrogens is 214 g/mol. The number of aliphatic hydroxyl groups is 1. The van der Waals surface area contributed by atoms with Gasteiger partial charge < -0.3 is 5.11 Å². The van der Waals surface area contributed by atoms with Crippen molar-refractivity contribution in [1.29, 1.82) is 0 Å². The highest BCUT2D eigenvalue weighted by atomic mass is 32.2. The molecule has 1 rings (SSSR count). The number of nitrogens with zero attached hydrogens (tertiary/aromatic N) is 1. The van der Waals surface area contributed by atoms with Crippen molar-refractivity contribution in [2.75, 3.05) is 5.75 Å². The predicted molar refractivity (Wildman–Crippen MR) is 64.2 cm³/mol. The fraction of sp³-hybridized carbons (Fsp3) is 0.700. The lowest BCUT2D eigenvalue weighted by molar-refractivity contribution is 0.199. The molecule has 2 nitrogen and oxygen atoms in total. The van der Waals surface area contributed by atoms with Crippen molar-refractivity contribution in [3.63, 3.8) is 0 Å². The second-order valence-electron chi connectivity index (χ2n) is 3.60. The Balaban J connectivity index is 2.30. The Morgan fingerprint density at radius 1 is 1.57 bits per heavy atom. The molecule has 4 heteroatoms. The van der Waals surface area contributed by atoms with Crippen LogP contribution in [0.4, 0.5) is 0 Å². The van der Waals surface area contributed by atoms with Gasteiger partial charge in [0.1, 0.15) is 0 Å². The summed E-state index contributed by atoms with van der Waals surface area (Å²) in [5.74, 6) is 0.800. The Hall–Kier alpha value is -0.0600. The largest absolute Gasteiger partial charge is 0.392 e. The Kier molecular flexibility index (Phi) is 4.92. The number of hydrogen-bond acceptors (Lipinski definition) is 4. The fourth-order valence-electron chi connectivity index (χ4n) is 1.11. The number of aromatic nitrogens is 1. The van der Waals surface area contributed by atoms with Crippen molar-refractivity contribution in [3.05, 3.63) is 16.1 Å². The molecule has 1 heterocycles. The number of aryl methyl sites for hydroxylation is 1. The van der Waals surface area contributed by atoms with Crippen LogP contribution in [-0.4, -0.2) is 27.2 Å². The van der Waals surface area contributed by atoms with Crippen LogP contribution >= 0.6 is 23.1 Å². The molecule has 1 N–H and O–H groups in total. The molecule has 1 aromatic rings. The minimum absolute atomic E-state index is 0.260.